The summed E-state index contributed by atoms with van der Waals surface area (Å²) in [6, 6.07) is 10.1. The molecular formula is C20H23N3O3S. The van der Waals surface area contributed by atoms with Gasteiger partial charge in [-0.05, 0) is 61.6 Å². The Kier molecular flexibility index (Phi) is 4.97. The van der Waals surface area contributed by atoms with Gasteiger partial charge in [0.2, 0.25) is 15.9 Å². The monoisotopic (exact) mass is 385 g/mol. The van der Waals surface area contributed by atoms with Crippen LogP contribution in [0.3, 0.4) is 0 Å². The van der Waals surface area contributed by atoms with Crippen molar-refractivity contribution < 1.29 is 13.2 Å². The molecule has 1 N–H and O–H groups in total. The van der Waals surface area contributed by atoms with E-state index in [0.717, 1.165) is 37.7 Å². The number of benzene rings is 1. The van der Waals surface area contributed by atoms with Gasteiger partial charge in [-0.1, -0.05) is 12.5 Å². The zero-order valence-electron chi connectivity index (χ0n) is 15.0. The molecule has 2 fully saturated rings. The van der Waals surface area contributed by atoms with E-state index in [4.69, 9.17) is 0 Å². The van der Waals surface area contributed by atoms with E-state index in [-0.39, 0.29) is 22.8 Å². The third-order valence-corrected chi connectivity index (χ3v) is 7.12. The summed E-state index contributed by atoms with van der Waals surface area (Å²) in [6.07, 6.45) is 7.95. The number of sulfonamides is 1. The van der Waals surface area contributed by atoms with E-state index in [1.54, 1.807) is 41.0 Å². The number of pyridine rings is 1. The molecule has 2 aromatic rings. The molecule has 7 heteroatoms. The van der Waals surface area contributed by atoms with E-state index in [2.05, 4.69) is 10.3 Å². The Morgan fingerprint density at radius 2 is 1.85 bits per heavy atom. The minimum absolute atomic E-state index is 0.0123. The number of hydrogen-bond acceptors (Lipinski definition) is 4. The first-order chi connectivity index (χ1) is 13.1. The van der Waals surface area contributed by atoms with Crippen molar-refractivity contribution in [3.05, 3.63) is 54.4 Å². The number of nitrogens with zero attached hydrogens (tertiary/aromatic N) is 2. The van der Waals surface area contributed by atoms with Crippen LogP contribution >= 0.6 is 0 Å². The fourth-order valence-electron chi connectivity index (χ4n) is 3.53. The van der Waals surface area contributed by atoms with Gasteiger partial charge in [0, 0.05) is 30.5 Å². The van der Waals surface area contributed by atoms with Gasteiger partial charge in [-0.15, -0.1) is 0 Å². The molecule has 1 amide bonds. The molecule has 0 radical (unpaired) electrons. The minimum atomic E-state index is -3.62. The zero-order chi connectivity index (χ0) is 18.9. The average Bonchev–Trinajstić information content (AvgIpc) is 3.54. The molecule has 0 unspecified atom stereocenters. The molecule has 2 heterocycles. The molecule has 1 aliphatic heterocycles. The Morgan fingerprint density at radius 3 is 2.52 bits per heavy atom. The number of piperidine rings is 1. The van der Waals surface area contributed by atoms with Crippen LogP contribution in [0, 0.1) is 5.92 Å². The van der Waals surface area contributed by atoms with Crippen LogP contribution in [0.25, 0.3) is 0 Å². The predicted molar refractivity (Wildman–Crippen MR) is 103 cm³/mol. The molecule has 1 aliphatic carbocycles. The molecule has 1 saturated heterocycles. The zero-order valence-corrected chi connectivity index (χ0v) is 15.9. The number of carbonyl (C=O) groups is 1. The number of rotatable bonds is 5. The number of amides is 1. The van der Waals surface area contributed by atoms with Crippen molar-refractivity contribution in [2.45, 2.75) is 43.0 Å². The third kappa shape index (κ3) is 3.89. The first kappa shape index (κ1) is 18.1. The van der Waals surface area contributed by atoms with Gasteiger partial charge in [0.05, 0.1) is 10.9 Å². The van der Waals surface area contributed by atoms with Crippen molar-refractivity contribution in [1.82, 2.24) is 9.29 Å². The third-order valence-electron chi connectivity index (χ3n) is 5.20. The molecule has 0 spiro atoms. The van der Waals surface area contributed by atoms with Gasteiger partial charge in [-0.25, -0.2) is 8.42 Å². The van der Waals surface area contributed by atoms with Crippen LogP contribution < -0.4 is 5.32 Å². The van der Waals surface area contributed by atoms with Gasteiger partial charge >= 0.3 is 0 Å². The largest absolute Gasteiger partial charge is 0.326 e. The van der Waals surface area contributed by atoms with Crippen LogP contribution in [0.1, 0.15) is 43.7 Å². The number of anilines is 1. The topological polar surface area (TPSA) is 79.4 Å². The fraction of sp³-hybridized carbons (Fsp3) is 0.400. The smallest absolute Gasteiger partial charge is 0.243 e. The summed E-state index contributed by atoms with van der Waals surface area (Å²) in [5, 5.41) is 2.84. The van der Waals surface area contributed by atoms with E-state index in [0.29, 0.717) is 12.2 Å². The summed E-state index contributed by atoms with van der Waals surface area (Å²) < 4.78 is 28.1. The fourth-order valence-corrected chi connectivity index (χ4v) is 5.22. The van der Waals surface area contributed by atoms with Crippen LogP contribution in [0.15, 0.2) is 53.7 Å². The molecule has 2 aliphatic rings. The summed E-state index contributed by atoms with van der Waals surface area (Å²) >= 11 is 0. The van der Waals surface area contributed by atoms with E-state index in [9.17, 15) is 13.2 Å². The van der Waals surface area contributed by atoms with E-state index in [1.807, 2.05) is 12.1 Å². The number of hydrogen-bond donors (Lipinski definition) is 1. The summed E-state index contributed by atoms with van der Waals surface area (Å²) in [5.74, 6) is 0.125. The maximum Gasteiger partial charge on any atom is 0.243 e. The first-order valence-electron chi connectivity index (χ1n) is 9.38. The molecule has 1 saturated carbocycles. The maximum absolute atomic E-state index is 13.2. The molecule has 27 heavy (non-hydrogen) atoms. The van der Waals surface area contributed by atoms with Gasteiger partial charge in [-0.3, -0.25) is 9.78 Å². The molecule has 0 bridgehead atoms. The van der Waals surface area contributed by atoms with Crippen molar-refractivity contribution in [2.75, 3.05) is 11.9 Å². The second-order valence-electron chi connectivity index (χ2n) is 7.20. The first-order valence-corrected chi connectivity index (χ1v) is 10.8. The van der Waals surface area contributed by atoms with Crippen molar-refractivity contribution >= 4 is 21.6 Å². The number of carbonyl (C=O) groups excluding carboxylic acids is 1. The highest BCUT2D eigenvalue weighted by Crippen LogP contribution is 2.35. The Labute approximate surface area is 159 Å². The Bertz CT molecular complexity index is 909. The summed E-state index contributed by atoms with van der Waals surface area (Å²) in [4.78, 5) is 16.3. The molecule has 1 atom stereocenters. The Balaban J connectivity index is 1.56. The lowest BCUT2D eigenvalue weighted by atomic mass is 9.99. The summed E-state index contributed by atoms with van der Waals surface area (Å²) in [6.45, 7) is 0.502. The van der Waals surface area contributed by atoms with Crippen LogP contribution in [-0.4, -0.2) is 30.2 Å². The standard InChI is InChI=1S/C20H23N3O3S/c24-20(15-6-7-15)22-17-8-10-18(11-9-17)27(25,26)23-13-2-1-5-19(23)16-4-3-12-21-14-16/h3-4,8-12,14-15,19H,1-2,5-7,13H2,(H,22,24)/t19-/m0/s1. The summed E-state index contributed by atoms with van der Waals surface area (Å²) in [7, 11) is -3.62. The minimum Gasteiger partial charge on any atom is -0.326 e. The van der Waals surface area contributed by atoms with Crippen molar-refractivity contribution in [3.8, 4) is 0 Å². The molecule has 142 valence electrons. The van der Waals surface area contributed by atoms with Crippen molar-refractivity contribution in [2.24, 2.45) is 5.92 Å². The molecule has 4 rings (SSSR count). The quantitative estimate of drug-likeness (QED) is 0.856. The van der Waals surface area contributed by atoms with E-state index >= 15 is 0 Å². The SMILES string of the molecule is O=C(Nc1ccc(S(=O)(=O)N2CCCC[C@H]2c2cccnc2)cc1)C1CC1. The Morgan fingerprint density at radius 1 is 1.07 bits per heavy atom. The highest BCUT2D eigenvalue weighted by atomic mass is 32.2. The lowest BCUT2D eigenvalue weighted by Crippen LogP contribution is -2.38. The van der Waals surface area contributed by atoms with Crippen LogP contribution in [0.4, 0.5) is 5.69 Å². The highest BCUT2D eigenvalue weighted by Gasteiger charge is 2.34. The van der Waals surface area contributed by atoms with Gasteiger partial charge in [0.15, 0.2) is 0 Å². The molecule has 6 nitrogen and oxygen atoms in total. The molecule has 1 aromatic carbocycles. The molecular weight excluding hydrogens is 362 g/mol. The number of aromatic nitrogens is 1. The molecule has 1 aromatic heterocycles. The van der Waals surface area contributed by atoms with Crippen LogP contribution in [0.5, 0.6) is 0 Å². The van der Waals surface area contributed by atoms with Gasteiger partial charge in [-0.2, -0.15) is 4.31 Å². The average molecular weight is 385 g/mol. The van der Waals surface area contributed by atoms with Gasteiger partial charge in [0.25, 0.3) is 0 Å². The second-order valence-corrected chi connectivity index (χ2v) is 9.09. The lowest BCUT2D eigenvalue weighted by Gasteiger charge is -2.34. The van der Waals surface area contributed by atoms with E-state index in [1.165, 1.54) is 0 Å². The normalized spacial score (nSPS) is 21.0. The van der Waals surface area contributed by atoms with Crippen LogP contribution in [0.2, 0.25) is 0 Å². The predicted octanol–water partition coefficient (Wildman–Crippen LogP) is 3.35. The highest BCUT2D eigenvalue weighted by molar-refractivity contribution is 7.89. The second kappa shape index (κ2) is 7.40. The summed E-state index contributed by atoms with van der Waals surface area (Å²) in [5.41, 5.74) is 1.56. The lowest BCUT2D eigenvalue weighted by molar-refractivity contribution is -0.117. The van der Waals surface area contributed by atoms with Gasteiger partial charge in [0.1, 0.15) is 0 Å². The van der Waals surface area contributed by atoms with Gasteiger partial charge < -0.3 is 5.32 Å². The van der Waals surface area contributed by atoms with Crippen molar-refractivity contribution in [1.29, 1.82) is 0 Å². The number of nitrogens with one attached hydrogen (secondary N) is 1. The Hall–Kier alpha value is -2.25. The van der Waals surface area contributed by atoms with Crippen molar-refractivity contribution in [3.63, 3.8) is 0 Å². The van der Waals surface area contributed by atoms with E-state index < -0.39 is 10.0 Å². The maximum atomic E-state index is 13.2. The van der Waals surface area contributed by atoms with Crippen LogP contribution in [-0.2, 0) is 14.8 Å².